The van der Waals surface area contributed by atoms with Crippen molar-refractivity contribution in [2.45, 2.75) is 18.8 Å². The SMILES string of the molecule is Clc1ccc(C=Cc2nn3c(C4CC4)nnc3s2)cc1. The molecule has 0 atom stereocenters. The van der Waals surface area contributed by atoms with E-state index in [0.29, 0.717) is 5.92 Å². The Balaban J connectivity index is 1.63. The van der Waals surface area contributed by atoms with Crippen molar-refractivity contribution in [1.29, 1.82) is 0 Å². The third-order valence-electron chi connectivity index (χ3n) is 3.26. The molecule has 2 aromatic heterocycles. The lowest BCUT2D eigenvalue weighted by Gasteiger charge is -1.92. The van der Waals surface area contributed by atoms with E-state index in [2.05, 4.69) is 15.3 Å². The minimum atomic E-state index is 0.556. The van der Waals surface area contributed by atoms with Crippen LogP contribution in [0, 0.1) is 0 Å². The molecule has 0 spiro atoms. The number of fused-ring (bicyclic) bond motifs is 1. The van der Waals surface area contributed by atoms with Crippen molar-refractivity contribution in [2.24, 2.45) is 0 Å². The maximum Gasteiger partial charge on any atom is 0.234 e. The minimum absolute atomic E-state index is 0.556. The Morgan fingerprint density at radius 2 is 1.95 bits per heavy atom. The van der Waals surface area contributed by atoms with Gasteiger partial charge in [0.25, 0.3) is 0 Å². The predicted octanol–water partition coefficient (Wildman–Crippen LogP) is 3.89. The van der Waals surface area contributed by atoms with E-state index in [1.807, 2.05) is 40.9 Å². The molecule has 6 heteroatoms. The Hall–Kier alpha value is -1.72. The lowest BCUT2D eigenvalue weighted by Crippen LogP contribution is -1.92. The molecule has 1 aromatic carbocycles. The molecular weight excluding hydrogens is 292 g/mol. The molecule has 0 radical (unpaired) electrons. The molecule has 3 aromatic rings. The van der Waals surface area contributed by atoms with Crippen molar-refractivity contribution in [3.05, 3.63) is 45.7 Å². The molecule has 0 unspecified atom stereocenters. The van der Waals surface area contributed by atoms with Gasteiger partial charge in [-0.2, -0.15) is 9.61 Å². The Kier molecular flexibility index (Phi) is 2.82. The maximum atomic E-state index is 5.87. The van der Waals surface area contributed by atoms with Gasteiger partial charge in [0.2, 0.25) is 4.96 Å². The molecule has 0 amide bonds. The third-order valence-corrected chi connectivity index (χ3v) is 4.38. The van der Waals surface area contributed by atoms with Crippen LogP contribution in [0.5, 0.6) is 0 Å². The molecule has 0 saturated heterocycles. The number of halogens is 1. The molecule has 4 nitrogen and oxygen atoms in total. The first kappa shape index (κ1) is 12.1. The molecular formula is C14H11ClN4S. The normalized spacial score (nSPS) is 15.4. The van der Waals surface area contributed by atoms with Crippen molar-refractivity contribution in [3.8, 4) is 0 Å². The fourth-order valence-corrected chi connectivity index (χ4v) is 2.93. The van der Waals surface area contributed by atoms with E-state index in [9.17, 15) is 0 Å². The van der Waals surface area contributed by atoms with Crippen LogP contribution in [0.3, 0.4) is 0 Å². The second kappa shape index (κ2) is 4.68. The summed E-state index contributed by atoms with van der Waals surface area (Å²) in [4.78, 5) is 0.864. The Bertz CT molecular complexity index is 783. The van der Waals surface area contributed by atoms with Gasteiger partial charge in [0.15, 0.2) is 5.82 Å². The van der Waals surface area contributed by atoms with Crippen molar-refractivity contribution in [3.63, 3.8) is 0 Å². The molecule has 100 valence electrons. The minimum Gasteiger partial charge on any atom is -0.187 e. The number of rotatable bonds is 3. The zero-order valence-corrected chi connectivity index (χ0v) is 12.1. The van der Waals surface area contributed by atoms with Gasteiger partial charge in [-0.05, 0) is 36.6 Å². The van der Waals surface area contributed by atoms with Gasteiger partial charge in [-0.15, -0.1) is 10.2 Å². The van der Waals surface area contributed by atoms with Gasteiger partial charge in [-0.3, -0.25) is 0 Å². The summed E-state index contributed by atoms with van der Waals surface area (Å²) in [5, 5.41) is 14.6. The van der Waals surface area contributed by atoms with Gasteiger partial charge in [0.05, 0.1) is 0 Å². The number of nitrogens with zero attached hydrogens (tertiary/aromatic N) is 4. The van der Waals surface area contributed by atoms with Crippen LogP contribution >= 0.6 is 22.9 Å². The van der Waals surface area contributed by atoms with Gasteiger partial charge >= 0.3 is 0 Å². The molecule has 1 saturated carbocycles. The summed E-state index contributed by atoms with van der Waals surface area (Å²) in [6, 6.07) is 7.72. The number of benzene rings is 1. The average molecular weight is 303 g/mol. The number of aromatic nitrogens is 4. The molecule has 2 heterocycles. The lowest BCUT2D eigenvalue weighted by atomic mass is 10.2. The van der Waals surface area contributed by atoms with E-state index in [0.717, 1.165) is 26.4 Å². The van der Waals surface area contributed by atoms with Crippen LogP contribution in [0.2, 0.25) is 5.02 Å². The van der Waals surface area contributed by atoms with Crippen LogP contribution in [-0.2, 0) is 0 Å². The third kappa shape index (κ3) is 2.23. The largest absolute Gasteiger partial charge is 0.234 e. The second-order valence-electron chi connectivity index (χ2n) is 4.85. The molecule has 1 fully saturated rings. The van der Waals surface area contributed by atoms with Crippen LogP contribution < -0.4 is 0 Å². The highest BCUT2D eigenvalue weighted by atomic mass is 35.5. The highest BCUT2D eigenvalue weighted by Crippen LogP contribution is 2.39. The Morgan fingerprint density at radius 3 is 2.70 bits per heavy atom. The van der Waals surface area contributed by atoms with E-state index in [4.69, 9.17) is 11.6 Å². The first-order valence-electron chi connectivity index (χ1n) is 6.45. The highest BCUT2D eigenvalue weighted by molar-refractivity contribution is 7.17. The number of hydrogen-bond acceptors (Lipinski definition) is 4. The molecule has 0 aliphatic heterocycles. The second-order valence-corrected chi connectivity index (χ2v) is 6.28. The zero-order chi connectivity index (χ0) is 13.5. The van der Waals surface area contributed by atoms with E-state index >= 15 is 0 Å². The van der Waals surface area contributed by atoms with Crippen molar-refractivity contribution in [1.82, 2.24) is 19.8 Å². The molecule has 1 aliphatic rings. The van der Waals surface area contributed by atoms with Gasteiger partial charge in [-0.1, -0.05) is 41.1 Å². The summed E-state index contributed by atoms with van der Waals surface area (Å²) < 4.78 is 1.88. The van der Waals surface area contributed by atoms with Crippen LogP contribution in [-0.4, -0.2) is 19.8 Å². The summed E-state index contributed by atoms with van der Waals surface area (Å²) in [6.45, 7) is 0. The summed E-state index contributed by atoms with van der Waals surface area (Å²) in [5.74, 6) is 1.56. The molecule has 1 aliphatic carbocycles. The summed E-state index contributed by atoms with van der Waals surface area (Å²) >= 11 is 7.42. The predicted molar refractivity (Wildman–Crippen MR) is 81.0 cm³/mol. The highest BCUT2D eigenvalue weighted by Gasteiger charge is 2.29. The van der Waals surface area contributed by atoms with E-state index in [1.165, 1.54) is 12.8 Å². The summed E-state index contributed by atoms with van der Waals surface area (Å²) in [6.07, 6.45) is 6.43. The average Bonchev–Trinajstić information content (AvgIpc) is 3.09. The quantitative estimate of drug-likeness (QED) is 0.737. The fraction of sp³-hybridized carbons (Fsp3) is 0.214. The maximum absolute atomic E-state index is 5.87. The summed E-state index contributed by atoms with van der Waals surface area (Å²) in [7, 11) is 0. The molecule has 20 heavy (non-hydrogen) atoms. The fourth-order valence-electron chi connectivity index (χ4n) is 2.05. The number of hydrogen-bond donors (Lipinski definition) is 0. The standard InChI is InChI=1S/C14H11ClN4S/c15-11-6-1-9(2-7-11)3-8-12-18-19-13(10-4-5-10)16-17-14(19)20-12/h1-3,6-8,10H,4-5H2. The first-order chi connectivity index (χ1) is 9.79. The van der Waals surface area contributed by atoms with Gasteiger partial charge < -0.3 is 0 Å². The monoisotopic (exact) mass is 302 g/mol. The van der Waals surface area contributed by atoms with Crippen LogP contribution in [0.25, 0.3) is 17.1 Å². The lowest BCUT2D eigenvalue weighted by molar-refractivity contribution is 0.823. The van der Waals surface area contributed by atoms with Crippen molar-refractivity contribution < 1.29 is 0 Å². The topological polar surface area (TPSA) is 43.1 Å². The van der Waals surface area contributed by atoms with Crippen LogP contribution in [0.4, 0.5) is 0 Å². The van der Waals surface area contributed by atoms with E-state index in [1.54, 1.807) is 11.3 Å². The molecule has 0 bridgehead atoms. The van der Waals surface area contributed by atoms with Crippen molar-refractivity contribution in [2.75, 3.05) is 0 Å². The van der Waals surface area contributed by atoms with E-state index < -0.39 is 0 Å². The summed E-state index contributed by atoms with van der Waals surface area (Å²) in [5.41, 5.74) is 1.10. The van der Waals surface area contributed by atoms with Crippen LogP contribution in [0.1, 0.15) is 35.2 Å². The zero-order valence-electron chi connectivity index (χ0n) is 10.5. The first-order valence-corrected chi connectivity index (χ1v) is 7.65. The van der Waals surface area contributed by atoms with E-state index in [-0.39, 0.29) is 0 Å². The van der Waals surface area contributed by atoms with Crippen molar-refractivity contribution >= 4 is 40.1 Å². The van der Waals surface area contributed by atoms with Gasteiger partial charge in [0.1, 0.15) is 5.01 Å². The van der Waals surface area contributed by atoms with Gasteiger partial charge in [-0.25, -0.2) is 0 Å². The Morgan fingerprint density at radius 1 is 1.15 bits per heavy atom. The molecule has 4 rings (SSSR count). The smallest absolute Gasteiger partial charge is 0.187 e. The molecule has 0 N–H and O–H groups in total. The van der Waals surface area contributed by atoms with Crippen LogP contribution in [0.15, 0.2) is 24.3 Å². The Labute approximate surface area is 124 Å². The van der Waals surface area contributed by atoms with Gasteiger partial charge in [0, 0.05) is 10.9 Å².